The summed E-state index contributed by atoms with van der Waals surface area (Å²) >= 11 is 0. The first-order valence-corrected chi connectivity index (χ1v) is 9.39. The number of carbonyl (C=O) groups excluding carboxylic acids is 1. The molecule has 1 aliphatic heterocycles. The fraction of sp³-hybridized carbons (Fsp3) is 0.550. The van der Waals surface area contributed by atoms with E-state index in [0.29, 0.717) is 11.7 Å². The molecular weight excluding hydrogens is 398 g/mol. The van der Waals surface area contributed by atoms with Gasteiger partial charge in [0.1, 0.15) is 5.75 Å². The maximum Gasteiger partial charge on any atom is 0.349 e. The SMILES string of the molecule is COC(=O)C(C)(C)Oc1cccc(C2CCCNC2)c1.O=C(O)C(O)C(O)C(=O)O. The van der Waals surface area contributed by atoms with Crippen LogP contribution in [0.5, 0.6) is 5.75 Å². The zero-order valence-electron chi connectivity index (χ0n) is 17.2. The zero-order valence-corrected chi connectivity index (χ0v) is 17.2. The molecule has 10 heteroatoms. The molecule has 0 saturated carbocycles. The van der Waals surface area contributed by atoms with Crippen LogP contribution in [0.2, 0.25) is 0 Å². The predicted molar refractivity (Wildman–Crippen MR) is 105 cm³/mol. The lowest BCUT2D eigenvalue weighted by Crippen LogP contribution is -2.39. The third-order valence-electron chi connectivity index (χ3n) is 4.48. The normalized spacial score (nSPS) is 18.2. The van der Waals surface area contributed by atoms with Crippen molar-refractivity contribution in [3.8, 4) is 5.75 Å². The van der Waals surface area contributed by atoms with Crippen molar-refractivity contribution in [1.29, 1.82) is 0 Å². The van der Waals surface area contributed by atoms with E-state index in [4.69, 9.17) is 29.9 Å². The van der Waals surface area contributed by atoms with E-state index in [0.717, 1.165) is 13.1 Å². The second kappa shape index (κ2) is 11.5. The summed E-state index contributed by atoms with van der Waals surface area (Å²) in [6, 6.07) is 8.01. The summed E-state index contributed by atoms with van der Waals surface area (Å²) in [5, 5.41) is 35.9. The van der Waals surface area contributed by atoms with Crippen molar-refractivity contribution in [2.24, 2.45) is 0 Å². The average Bonchev–Trinajstić information content (AvgIpc) is 2.72. The van der Waals surface area contributed by atoms with E-state index in [1.165, 1.54) is 25.5 Å². The van der Waals surface area contributed by atoms with Crippen molar-refractivity contribution in [1.82, 2.24) is 5.32 Å². The fourth-order valence-corrected chi connectivity index (χ4v) is 2.82. The Bertz CT molecular complexity index is 711. The van der Waals surface area contributed by atoms with Gasteiger partial charge in [0.15, 0.2) is 17.8 Å². The van der Waals surface area contributed by atoms with Crippen LogP contribution < -0.4 is 10.1 Å². The monoisotopic (exact) mass is 427 g/mol. The summed E-state index contributed by atoms with van der Waals surface area (Å²) in [6.45, 7) is 5.53. The number of benzene rings is 1. The first-order chi connectivity index (χ1) is 14.0. The third kappa shape index (κ3) is 7.62. The molecule has 1 saturated heterocycles. The summed E-state index contributed by atoms with van der Waals surface area (Å²) in [4.78, 5) is 31.2. The third-order valence-corrected chi connectivity index (χ3v) is 4.48. The summed E-state index contributed by atoms with van der Waals surface area (Å²) in [5.41, 5.74) is 0.286. The molecule has 1 aromatic carbocycles. The van der Waals surface area contributed by atoms with Crippen LogP contribution in [0.3, 0.4) is 0 Å². The van der Waals surface area contributed by atoms with Crippen LogP contribution in [-0.4, -0.2) is 76.3 Å². The molecule has 30 heavy (non-hydrogen) atoms. The van der Waals surface area contributed by atoms with Gasteiger partial charge in [0.25, 0.3) is 0 Å². The van der Waals surface area contributed by atoms with Crippen molar-refractivity contribution in [2.75, 3.05) is 20.2 Å². The molecule has 3 unspecified atom stereocenters. The number of esters is 1. The Morgan fingerprint density at radius 3 is 2.20 bits per heavy atom. The molecule has 0 spiro atoms. The highest BCUT2D eigenvalue weighted by Gasteiger charge is 2.31. The summed E-state index contributed by atoms with van der Waals surface area (Å²) in [6.07, 6.45) is -2.14. The summed E-state index contributed by atoms with van der Waals surface area (Å²) in [5.74, 6) is -2.68. The smallest absolute Gasteiger partial charge is 0.349 e. The van der Waals surface area contributed by atoms with E-state index in [1.54, 1.807) is 13.8 Å². The molecule has 1 heterocycles. The van der Waals surface area contributed by atoms with Crippen LogP contribution in [-0.2, 0) is 19.1 Å². The molecule has 1 aromatic rings. The quantitative estimate of drug-likeness (QED) is 0.384. The maximum absolute atomic E-state index is 11.7. The second-order valence-corrected chi connectivity index (χ2v) is 7.29. The van der Waals surface area contributed by atoms with Crippen LogP contribution in [0.15, 0.2) is 24.3 Å². The molecule has 0 aliphatic carbocycles. The molecule has 0 amide bonds. The number of aliphatic hydroxyl groups excluding tert-OH is 2. The summed E-state index contributed by atoms with van der Waals surface area (Å²) in [7, 11) is 1.37. The van der Waals surface area contributed by atoms with Gasteiger partial charge in [-0.05, 0) is 56.8 Å². The number of hydrogen-bond donors (Lipinski definition) is 5. The van der Waals surface area contributed by atoms with Gasteiger partial charge in [0, 0.05) is 6.54 Å². The zero-order chi connectivity index (χ0) is 22.9. The number of hydrogen-bond acceptors (Lipinski definition) is 8. The topological polar surface area (TPSA) is 163 Å². The van der Waals surface area contributed by atoms with Crippen molar-refractivity contribution in [2.45, 2.75) is 50.4 Å². The number of nitrogens with one attached hydrogen (secondary N) is 1. The lowest BCUT2D eigenvalue weighted by Gasteiger charge is -2.26. The Hall–Kier alpha value is -2.69. The Kier molecular flexibility index (Phi) is 9.70. The van der Waals surface area contributed by atoms with E-state index >= 15 is 0 Å². The van der Waals surface area contributed by atoms with Gasteiger partial charge >= 0.3 is 17.9 Å². The number of carbonyl (C=O) groups is 3. The highest BCUT2D eigenvalue weighted by molar-refractivity contribution is 5.83. The number of rotatable bonds is 7. The minimum atomic E-state index is -2.27. The molecule has 3 atom stereocenters. The van der Waals surface area contributed by atoms with Gasteiger partial charge in [-0.15, -0.1) is 0 Å². The van der Waals surface area contributed by atoms with Gasteiger partial charge in [-0.25, -0.2) is 14.4 Å². The van der Waals surface area contributed by atoms with Gasteiger partial charge < -0.3 is 35.2 Å². The van der Waals surface area contributed by atoms with Gasteiger partial charge in [0.2, 0.25) is 0 Å². The van der Waals surface area contributed by atoms with Gasteiger partial charge in [-0.3, -0.25) is 0 Å². The molecule has 2 rings (SSSR count). The van der Waals surface area contributed by atoms with Crippen LogP contribution in [0, 0.1) is 0 Å². The Balaban J connectivity index is 0.000000382. The molecule has 0 bridgehead atoms. The number of aliphatic carboxylic acids is 2. The van der Waals surface area contributed by atoms with Gasteiger partial charge in [-0.2, -0.15) is 0 Å². The molecule has 1 fully saturated rings. The highest BCUT2D eigenvalue weighted by Crippen LogP contribution is 2.28. The number of ether oxygens (including phenoxy) is 2. The largest absolute Gasteiger partial charge is 0.479 e. The number of methoxy groups -OCH3 is 1. The second-order valence-electron chi connectivity index (χ2n) is 7.29. The van der Waals surface area contributed by atoms with E-state index in [1.807, 2.05) is 18.2 Å². The number of carboxylic acid groups (broad SMARTS) is 2. The molecular formula is C20H29NO9. The number of piperidine rings is 1. The predicted octanol–water partition coefficient (Wildman–Crippen LogP) is 0.361. The molecule has 10 nitrogen and oxygen atoms in total. The van der Waals surface area contributed by atoms with Crippen molar-refractivity contribution in [3.63, 3.8) is 0 Å². The van der Waals surface area contributed by atoms with Crippen molar-refractivity contribution >= 4 is 17.9 Å². The Morgan fingerprint density at radius 2 is 1.73 bits per heavy atom. The van der Waals surface area contributed by atoms with Crippen molar-refractivity contribution in [3.05, 3.63) is 29.8 Å². The Labute approximate surface area is 174 Å². The fourth-order valence-electron chi connectivity index (χ4n) is 2.82. The highest BCUT2D eigenvalue weighted by atomic mass is 16.6. The average molecular weight is 427 g/mol. The first kappa shape index (κ1) is 25.3. The van der Waals surface area contributed by atoms with Crippen LogP contribution in [0.25, 0.3) is 0 Å². The summed E-state index contributed by atoms with van der Waals surface area (Å²) < 4.78 is 10.6. The number of carboxylic acids is 2. The van der Waals surface area contributed by atoms with Crippen LogP contribution >= 0.6 is 0 Å². The van der Waals surface area contributed by atoms with Crippen LogP contribution in [0.1, 0.15) is 38.2 Å². The van der Waals surface area contributed by atoms with E-state index < -0.39 is 29.7 Å². The van der Waals surface area contributed by atoms with E-state index in [9.17, 15) is 14.4 Å². The van der Waals surface area contributed by atoms with Crippen LogP contribution in [0.4, 0.5) is 0 Å². The molecule has 1 aliphatic rings. The minimum absolute atomic E-state index is 0.373. The van der Waals surface area contributed by atoms with Gasteiger partial charge in [0.05, 0.1) is 7.11 Å². The number of aliphatic hydroxyl groups is 2. The lowest BCUT2D eigenvalue weighted by atomic mass is 9.91. The maximum atomic E-state index is 11.7. The lowest BCUT2D eigenvalue weighted by molar-refractivity contribution is -0.165. The molecule has 168 valence electrons. The molecule has 0 aromatic heterocycles. The van der Waals surface area contributed by atoms with E-state index in [-0.39, 0.29) is 5.97 Å². The Morgan fingerprint density at radius 1 is 1.13 bits per heavy atom. The molecule has 5 N–H and O–H groups in total. The molecule has 0 radical (unpaired) electrons. The minimum Gasteiger partial charge on any atom is -0.479 e. The van der Waals surface area contributed by atoms with Crippen molar-refractivity contribution < 1.29 is 44.3 Å². The van der Waals surface area contributed by atoms with E-state index in [2.05, 4.69) is 11.4 Å². The standard InChI is InChI=1S/C16H23NO3.C4H6O6/c1-16(2,15(18)19-3)20-14-8-4-6-12(10-14)13-7-5-9-17-11-13;5-1(3(7)8)2(6)4(9)10/h4,6,8,10,13,17H,5,7,9,11H2,1-3H3;1-2,5-6H,(H,7,8)(H,9,10). The van der Waals surface area contributed by atoms with Gasteiger partial charge in [-0.1, -0.05) is 12.1 Å². The first-order valence-electron chi connectivity index (χ1n) is 9.39.